The van der Waals surface area contributed by atoms with Gasteiger partial charge in [-0.15, -0.1) is 0 Å². The number of nitrogens with two attached hydrogens (primary N) is 2. The van der Waals surface area contributed by atoms with Crippen molar-refractivity contribution in [2.45, 2.75) is 79.1 Å². The van der Waals surface area contributed by atoms with E-state index in [-0.39, 0.29) is 22.3 Å². The molecule has 0 radical (unpaired) electrons. The lowest BCUT2D eigenvalue weighted by Crippen LogP contribution is -2.84. The summed E-state index contributed by atoms with van der Waals surface area (Å²) in [5.41, 5.74) is 0.0556. The van der Waals surface area contributed by atoms with Crippen molar-refractivity contribution < 1.29 is 50.2 Å². The van der Waals surface area contributed by atoms with Gasteiger partial charge in [-0.3, -0.25) is 0 Å². The molecular formula is C32H50N2O8. The number of quaternary nitrogens is 2. The third-order valence-electron chi connectivity index (χ3n) is 5.78. The molecule has 2 rings (SSSR count). The molecule has 0 fully saturated rings. The van der Waals surface area contributed by atoms with Gasteiger partial charge in [0, 0.05) is 0 Å². The lowest BCUT2D eigenvalue weighted by molar-refractivity contribution is -0.655. The largest absolute Gasteiger partial charge is 0.545 e. The van der Waals surface area contributed by atoms with Crippen molar-refractivity contribution in [3.05, 3.63) is 70.8 Å². The first-order valence-corrected chi connectivity index (χ1v) is 14.8. The number of rotatable bonds is 16. The number of hydrogen-bond acceptors (Lipinski definition) is 6. The van der Waals surface area contributed by atoms with Crippen molar-refractivity contribution in [2.75, 3.05) is 26.2 Å². The molecule has 0 spiro atoms. The molecule has 236 valence electrons. The number of unbranched alkanes of at least 4 members (excludes halogenated alkanes) is 4. The molecule has 0 heterocycles. The van der Waals surface area contributed by atoms with Crippen LogP contribution in [0.2, 0.25) is 0 Å². The smallest absolute Gasteiger partial charge is 0.335 e. The van der Waals surface area contributed by atoms with E-state index in [2.05, 4.69) is 38.3 Å². The van der Waals surface area contributed by atoms with Crippen LogP contribution in [0.25, 0.3) is 0 Å². The fourth-order valence-electron chi connectivity index (χ4n) is 3.18. The van der Waals surface area contributed by atoms with Gasteiger partial charge >= 0.3 is 11.9 Å². The van der Waals surface area contributed by atoms with Crippen LogP contribution >= 0.6 is 0 Å². The summed E-state index contributed by atoms with van der Waals surface area (Å²) in [5.74, 6) is -4.79. The standard InChI is InChI=1S/2C8H19N.2C8H6O4/c2*1-3-5-7-9-8-6-4-2;2*9-7(10)5-1-2-6(4-3-5)8(11)12/h2*9H,3-8H2,1-2H3;2*1-4H,(H,9,10)(H,11,12). The summed E-state index contributed by atoms with van der Waals surface area (Å²) in [7, 11) is 0. The Morgan fingerprint density at radius 2 is 0.714 bits per heavy atom. The van der Waals surface area contributed by atoms with Gasteiger partial charge in [0.15, 0.2) is 0 Å². The predicted octanol–water partition coefficient (Wildman–Crippen LogP) is 1.80. The molecule has 0 aliphatic carbocycles. The predicted molar refractivity (Wildman–Crippen MR) is 158 cm³/mol. The summed E-state index contributed by atoms with van der Waals surface area (Å²) in [6.45, 7) is 14.3. The average Bonchev–Trinajstić information content (AvgIpc) is 2.98. The number of carboxylic acid groups (broad SMARTS) is 4. The van der Waals surface area contributed by atoms with E-state index in [1.165, 1.54) is 102 Å². The van der Waals surface area contributed by atoms with Crippen LogP contribution in [0, 0.1) is 0 Å². The van der Waals surface area contributed by atoms with Crippen molar-refractivity contribution in [1.29, 1.82) is 0 Å². The summed E-state index contributed by atoms with van der Waals surface area (Å²) < 4.78 is 0. The van der Waals surface area contributed by atoms with E-state index in [0.717, 1.165) is 24.3 Å². The quantitative estimate of drug-likeness (QED) is 0.213. The molecule has 2 aromatic rings. The third kappa shape index (κ3) is 23.0. The molecule has 2 aromatic carbocycles. The van der Waals surface area contributed by atoms with Crippen LogP contribution in [0.4, 0.5) is 0 Å². The van der Waals surface area contributed by atoms with Crippen LogP contribution in [-0.4, -0.2) is 60.3 Å². The minimum absolute atomic E-state index is 0.0556. The van der Waals surface area contributed by atoms with Crippen LogP contribution in [0.3, 0.4) is 0 Å². The van der Waals surface area contributed by atoms with Gasteiger partial charge in [-0.2, -0.15) is 0 Å². The number of benzene rings is 2. The molecule has 0 aliphatic rings. The van der Waals surface area contributed by atoms with E-state index in [0.29, 0.717) is 0 Å². The van der Waals surface area contributed by atoms with Crippen molar-refractivity contribution >= 4 is 23.9 Å². The Labute approximate surface area is 250 Å². The van der Waals surface area contributed by atoms with Gasteiger partial charge in [-0.1, -0.05) is 77.6 Å². The SMILES string of the molecule is CCCC[NH2+]CCCC.CCCC[NH2+]CCCC.O=C(O)c1ccc(C(=O)O)cc1.O=C([O-])c1ccc(C(=O)[O-])cc1. The highest BCUT2D eigenvalue weighted by Crippen LogP contribution is 2.04. The monoisotopic (exact) mass is 590 g/mol. The minimum Gasteiger partial charge on any atom is -0.545 e. The summed E-state index contributed by atoms with van der Waals surface area (Å²) >= 11 is 0. The summed E-state index contributed by atoms with van der Waals surface area (Å²) in [6.07, 6.45) is 10.9. The highest BCUT2D eigenvalue weighted by Gasteiger charge is 2.04. The van der Waals surface area contributed by atoms with Gasteiger partial charge in [0.05, 0.1) is 49.2 Å². The minimum atomic E-state index is -1.33. The second kappa shape index (κ2) is 27.4. The van der Waals surface area contributed by atoms with Gasteiger partial charge < -0.3 is 40.6 Å². The lowest BCUT2D eigenvalue weighted by atomic mass is 10.1. The zero-order chi connectivity index (χ0) is 32.2. The molecule has 0 bridgehead atoms. The van der Waals surface area contributed by atoms with Gasteiger partial charge in [0.1, 0.15) is 0 Å². The number of carbonyl (C=O) groups excluding carboxylic acids is 2. The Morgan fingerprint density at radius 1 is 0.500 bits per heavy atom. The van der Waals surface area contributed by atoms with Crippen molar-refractivity contribution in [3.8, 4) is 0 Å². The van der Waals surface area contributed by atoms with Gasteiger partial charge in [0.2, 0.25) is 0 Å². The highest BCUT2D eigenvalue weighted by molar-refractivity contribution is 5.91. The fraction of sp³-hybridized carbons (Fsp3) is 0.500. The van der Waals surface area contributed by atoms with E-state index in [4.69, 9.17) is 10.2 Å². The maximum atomic E-state index is 10.3. The lowest BCUT2D eigenvalue weighted by Gasteiger charge is -2.04. The first kappa shape index (κ1) is 40.4. The molecule has 10 nitrogen and oxygen atoms in total. The molecule has 6 N–H and O–H groups in total. The molecule has 0 saturated carbocycles. The first-order chi connectivity index (χ1) is 20.0. The molecule has 10 heteroatoms. The van der Waals surface area contributed by atoms with Gasteiger partial charge in [-0.05, 0) is 61.1 Å². The average molecular weight is 591 g/mol. The number of carbonyl (C=O) groups is 4. The Hall–Kier alpha value is -3.76. The van der Waals surface area contributed by atoms with Gasteiger partial charge in [-0.25, -0.2) is 9.59 Å². The zero-order valence-electron chi connectivity index (χ0n) is 25.6. The van der Waals surface area contributed by atoms with E-state index < -0.39 is 23.9 Å². The molecule has 0 saturated heterocycles. The topological polar surface area (TPSA) is 188 Å². The van der Waals surface area contributed by atoms with Crippen LogP contribution < -0.4 is 20.8 Å². The second-order valence-corrected chi connectivity index (χ2v) is 9.49. The van der Waals surface area contributed by atoms with E-state index >= 15 is 0 Å². The van der Waals surface area contributed by atoms with Gasteiger partial charge in [0.25, 0.3) is 0 Å². The molecule has 0 aliphatic heterocycles. The zero-order valence-corrected chi connectivity index (χ0v) is 25.6. The third-order valence-corrected chi connectivity index (χ3v) is 5.78. The van der Waals surface area contributed by atoms with Crippen LogP contribution in [-0.2, 0) is 0 Å². The first-order valence-electron chi connectivity index (χ1n) is 14.8. The summed E-state index contributed by atoms with van der Waals surface area (Å²) in [5, 5.41) is 42.2. The molecule has 0 atom stereocenters. The van der Waals surface area contributed by atoms with Crippen molar-refractivity contribution in [1.82, 2.24) is 0 Å². The van der Waals surface area contributed by atoms with Crippen LogP contribution in [0.1, 0.15) is 120 Å². The molecule has 42 heavy (non-hydrogen) atoms. The molecular weight excluding hydrogens is 540 g/mol. The Bertz CT molecular complexity index is 833. The van der Waals surface area contributed by atoms with Crippen LogP contribution in [0.5, 0.6) is 0 Å². The number of hydrogen-bond donors (Lipinski definition) is 4. The number of aromatic carboxylic acids is 4. The number of carboxylic acids is 4. The van der Waals surface area contributed by atoms with E-state index in [1.807, 2.05) is 0 Å². The summed E-state index contributed by atoms with van der Waals surface area (Å²) in [6, 6.07) is 9.64. The molecule has 0 unspecified atom stereocenters. The van der Waals surface area contributed by atoms with E-state index in [9.17, 15) is 29.4 Å². The molecule has 0 amide bonds. The van der Waals surface area contributed by atoms with E-state index in [1.54, 1.807) is 0 Å². The molecule has 0 aromatic heterocycles. The summed E-state index contributed by atoms with van der Waals surface area (Å²) in [4.78, 5) is 41.1. The van der Waals surface area contributed by atoms with Crippen LogP contribution in [0.15, 0.2) is 48.5 Å². The highest BCUT2D eigenvalue weighted by atomic mass is 16.4. The van der Waals surface area contributed by atoms with Crippen molar-refractivity contribution in [3.63, 3.8) is 0 Å². The fourth-order valence-corrected chi connectivity index (χ4v) is 3.18. The maximum absolute atomic E-state index is 10.3. The Balaban J connectivity index is 0. The maximum Gasteiger partial charge on any atom is 0.335 e. The second-order valence-electron chi connectivity index (χ2n) is 9.49. The van der Waals surface area contributed by atoms with Crippen molar-refractivity contribution in [2.24, 2.45) is 0 Å². The Morgan fingerprint density at radius 3 is 0.881 bits per heavy atom. The normalized spacial score (nSPS) is 9.62. The Kier molecular flexibility index (Phi) is 26.4.